The highest BCUT2D eigenvalue weighted by Crippen LogP contribution is 2.33. The van der Waals surface area contributed by atoms with Crippen LogP contribution in [-0.4, -0.2) is 12.8 Å². The number of allylic oxidation sites excluding steroid dienone is 1. The number of fused-ring (bicyclic) bond motifs is 1. The summed E-state index contributed by atoms with van der Waals surface area (Å²) in [6.07, 6.45) is 7.88. The van der Waals surface area contributed by atoms with Crippen molar-refractivity contribution in [1.82, 2.24) is 0 Å². The van der Waals surface area contributed by atoms with E-state index in [-0.39, 0.29) is 6.29 Å². The normalized spacial score (nSPS) is 22.2. The number of hydrogen-bond donors (Lipinski definition) is 1. The van der Waals surface area contributed by atoms with Gasteiger partial charge in [0.25, 0.3) is 0 Å². The molecule has 0 fully saturated rings. The largest absolute Gasteiger partial charge is 0.463 e. The van der Waals surface area contributed by atoms with Gasteiger partial charge in [0.05, 0.1) is 11.9 Å². The zero-order valence-electron chi connectivity index (χ0n) is 9.82. The molecule has 3 heteroatoms. The van der Waals surface area contributed by atoms with Crippen molar-refractivity contribution in [3.05, 3.63) is 36.1 Å². The van der Waals surface area contributed by atoms with Crippen LogP contribution in [0.25, 0.3) is 0 Å². The van der Waals surface area contributed by atoms with Gasteiger partial charge in [-0.2, -0.15) is 0 Å². The third-order valence-corrected chi connectivity index (χ3v) is 3.19. The van der Waals surface area contributed by atoms with Gasteiger partial charge in [-0.3, -0.25) is 0 Å². The Labute approximate surface area is 101 Å². The van der Waals surface area contributed by atoms with Crippen LogP contribution in [0.15, 0.2) is 30.5 Å². The number of ether oxygens (including phenoxy) is 2. The maximum atomic E-state index is 5.92. The number of rotatable bonds is 2. The second-order valence-electron chi connectivity index (χ2n) is 4.45. The van der Waals surface area contributed by atoms with E-state index >= 15 is 0 Å². The SMILES string of the molecule is C1=COC(Oc2cccc3c2NCCC3)CC1. The number of para-hydroxylation sites is 1. The van der Waals surface area contributed by atoms with Crippen LogP contribution < -0.4 is 10.1 Å². The van der Waals surface area contributed by atoms with E-state index in [0.717, 1.165) is 37.2 Å². The van der Waals surface area contributed by atoms with Gasteiger partial charge < -0.3 is 14.8 Å². The number of anilines is 1. The number of benzene rings is 1. The first-order valence-corrected chi connectivity index (χ1v) is 6.26. The molecule has 1 N–H and O–H groups in total. The zero-order chi connectivity index (χ0) is 11.5. The van der Waals surface area contributed by atoms with Crippen molar-refractivity contribution < 1.29 is 9.47 Å². The Morgan fingerprint density at radius 1 is 1.35 bits per heavy atom. The molecule has 0 radical (unpaired) electrons. The van der Waals surface area contributed by atoms with Gasteiger partial charge in [0.1, 0.15) is 5.75 Å². The molecule has 2 aliphatic heterocycles. The van der Waals surface area contributed by atoms with Gasteiger partial charge in [0, 0.05) is 13.0 Å². The molecule has 1 aromatic carbocycles. The Balaban J connectivity index is 1.80. The molecule has 90 valence electrons. The molecule has 0 amide bonds. The minimum atomic E-state index is -0.143. The van der Waals surface area contributed by atoms with E-state index in [9.17, 15) is 0 Å². The van der Waals surface area contributed by atoms with Crippen LogP contribution in [0.4, 0.5) is 5.69 Å². The lowest BCUT2D eigenvalue weighted by molar-refractivity contribution is -0.0411. The fraction of sp³-hybridized carbons (Fsp3) is 0.429. The molecule has 3 nitrogen and oxygen atoms in total. The van der Waals surface area contributed by atoms with E-state index in [4.69, 9.17) is 9.47 Å². The fourth-order valence-electron chi connectivity index (χ4n) is 2.32. The Bertz CT molecular complexity index is 428. The van der Waals surface area contributed by atoms with Crippen LogP contribution in [0.5, 0.6) is 5.75 Å². The van der Waals surface area contributed by atoms with E-state index in [1.54, 1.807) is 6.26 Å². The molecule has 17 heavy (non-hydrogen) atoms. The van der Waals surface area contributed by atoms with E-state index in [0.29, 0.717) is 0 Å². The molecule has 3 rings (SSSR count). The lowest BCUT2D eigenvalue weighted by atomic mass is 10.0. The van der Waals surface area contributed by atoms with Gasteiger partial charge in [0.2, 0.25) is 6.29 Å². The number of aryl methyl sites for hydroxylation is 1. The fourth-order valence-corrected chi connectivity index (χ4v) is 2.32. The van der Waals surface area contributed by atoms with E-state index < -0.39 is 0 Å². The third-order valence-electron chi connectivity index (χ3n) is 3.19. The third kappa shape index (κ3) is 2.23. The van der Waals surface area contributed by atoms with Crippen molar-refractivity contribution in [2.45, 2.75) is 32.0 Å². The predicted molar refractivity (Wildman–Crippen MR) is 67.1 cm³/mol. The Morgan fingerprint density at radius 3 is 3.24 bits per heavy atom. The first-order valence-electron chi connectivity index (χ1n) is 6.26. The first-order chi connectivity index (χ1) is 8.43. The summed E-state index contributed by atoms with van der Waals surface area (Å²) in [4.78, 5) is 0. The van der Waals surface area contributed by atoms with Crippen molar-refractivity contribution in [2.24, 2.45) is 0 Å². The molecule has 1 aromatic rings. The average molecular weight is 231 g/mol. The Kier molecular flexibility index (Phi) is 2.90. The van der Waals surface area contributed by atoms with E-state index in [2.05, 4.69) is 17.4 Å². The van der Waals surface area contributed by atoms with Gasteiger partial charge in [-0.1, -0.05) is 12.1 Å². The summed E-state index contributed by atoms with van der Waals surface area (Å²) in [5.74, 6) is 0.919. The van der Waals surface area contributed by atoms with Crippen LogP contribution in [0, 0.1) is 0 Å². The van der Waals surface area contributed by atoms with Gasteiger partial charge >= 0.3 is 0 Å². The lowest BCUT2D eigenvalue weighted by Gasteiger charge is -2.25. The molecular weight excluding hydrogens is 214 g/mol. The molecule has 0 bridgehead atoms. The van der Waals surface area contributed by atoms with Gasteiger partial charge in [0.15, 0.2) is 0 Å². The Morgan fingerprint density at radius 2 is 2.35 bits per heavy atom. The van der Waals surface area contributed by atoms with Gasteiger partial charge in [-0.25, -0.2) is 0 Å². The van der Waals surface area contributed by atoms with Gasteiger partial charge in [-0.15, -0.1) is 0 Å². The summed E-state index contributed by atoms with van der Waals surface area (Å²) < 4.78 is 11.4. The molecule has 0 saturated heterocycles. The van der Waals surface area contributed by atoms with Gasteiger partial charge in [-0.05, 0) is 37.0 Å². The van der Waals surface area contributed by atoms with Crippen molar-refractivity contribution >= 4 is 5.69 Å². The minimum absolute atomic E-state index is 0.143. The van der Waals surface area contributed by atoms with Crippen LogP contribution >= 0.6 is 0 Å². The first kappa shape index (κ1) is 10.5. The molecule has 0 spiro atoms. The summed E-state index contributed by atoms with van der Waals surface area (Å²) in [5, 5.41) is 3.42. The van der Waals surface area contributed by atoms with E-state index in [1.807, 2.05) is 12.1 Å². The highest BCUT2D eigenvalue weighted by molar-refractivity contribution is 5.63. The second kappa shape index (κ2) is 4.70. The predicted octanol–water partition coefficient (Wildman–Crippen LogP) is 3.07. The average Bonchev–Trinajstić information content (AvgIpc) is 2.40. The minimum Gasteiger partial charge on any atom is -0.463 e. The second-order valence-corrected chi connectivity index (χ2v) is 4.45. The maximum absolute atomic E-state index is 5.92. The zero-order valence-corrected chi connectivity index (χ0v) is 9.82. The maximum Gasteiger partial charge on any atom is 0.240 e. The highest BCUT2D eigenvalue weighted by atomic mass is 16.7. The molecule has 2 heterocycles. The number of hydrogen-bond acceptors (Lipinski definition) is 3. The molecule has 0 saturated carbocycles. The standard InChI is InChI=1S/C14H17NO2/c1-2-10-16-13(8-1)17-12-7-3-5-11-6-4-9-15-14(11)12/h2-3,5,7,10,13,15H,1,4,6,8-9H2. The molecule has 0 aromatic heterocycles. The smallest absolute Gasteiger partial charge is 0.240 e. The molecule has 0 aliphatic carbocycles. The lowest BCUT2D eigenvalue weighted by Crippen LogP contribution is -2.22. The summed E-state index contributed by atoms with van der Waals surface area (Å²) in [7, 11) is 0. The highest BCUT2D eigenvalue weighted by Gasteiger charge is 2.18. The summed E-state index contributed by atoms with van der Waals surface area (Å²) in [5.41, 5.74) is 2.50. The molecule has 1 unspecified atom stereocenters. The summed E-state index contributed by atoms with van der Waals surface area (Å²) in [6, 6.07) is 6.23. The van der Waals surface area contributed by atoms with Crippen LogP contribution in [0.1, 0.15) is 24.8 Å². The van der Waals surface area contributed by atoms with Crippen LogP contribution in [-0.2, 0) is 11.2 Å². The quantitative estimate of drug-likeness (QED) is 0.848. The Hall–Kier alpha value is -1.64. The van der Waals surface area contributed by atoms with Crippen LogP contribution in [0.2, 0.25) is 0 Å². The monoisotopic (exact) mass is 231 g/mol. The molecular formula is C14H17NO2. The van der Waals surface area contributed by atoms with Crippen molar-refractivity contribution in [1.29, 1.82) is 0 Å². The topological polar surface area (TPSA) is 30.5 Å². The summed E-state index contributed by atoms with van der Waals surface area (Å²) >= 11 is 0. The molecule has 2 aliphatic rings. The van der Waals surface area contributed by atoms with Crippen molar-refractivity contribution in [3.8, 4) is 5.75 Å². The van der Waals surface area contributed by atoms with Crippen LogP contribution in [0.3, 0.4) is 0 Å². The van der Waals surface area contributed by atoms with Crippen molar-refractivity contribution in [3.63, 3.8) is 0 Å². The van der Waals surface area contributed by atoms with E-state index in [1.165, 1.54) is 12.0 Å². The van der Waals surface area contributed by atoms with Crippen molar-refractivity contribution in [2.75, 3.05) is 11.9 Å². The molecule has 1 atom stereocenters. The summed E-state index contributed by atoms with van der Waals surface area (Å²) in [6.45, 7) is 1.03. The number of nitrogens with one attached hydrogen (secondary N) is 1.